The van der Waals surface area contributed by atoms with Crippen LogP contribution in [-0.4, -0.2) is 34.9 Å². The first-order valence-electron chi connectivity index (χ1n) is 11.1. The van der Waals surface area contributed by atoms with Crippen molar-refractivity contribution in [2.24, 2.45) is 0 Å². The predicted octanol–water partition coefficient (Wildman–Crippen LogP) is 5.14. The highest BCUT2D eigenvalue weighted by Gasteiger charge is 2.22. The molecule has 1 amide bonds. The molecule has 0 aliphatic rings. The molecule has 1 aromatic heterocycles. The van der Waals surface area contributed by atoms with Crippen molar-refractivity contribution in [2.45, 2.75) is 31.2 Å². The Morgan fingerprint density at radius 2 is 1.80 bits per heavy atom. The van der Waals surface area contributed by atoms with Crippen molar-refractivity contribution in [2.75, 3.05) is 19.5 Å². The summed E-state index contributed by atoms with van der Waals surface area (Å²) < 4.78 is 12.2. The maximum Gasteiger partial charge on any atom is 0.266 e. The topological polar surface area (TPSA) is 82.5 Å². The summed E-state index contributed by atoms with van der Waals surface area (Å²) in [6.07, 6.45) is 0. The number of aryl methyl sites for hydroxylation is 2. The zero-order valence-electron chi connectivity index (χ0n) is 20.3. The summed E-state index contributed by atoms with van der Waals surface area (Å²) in [6, 6.07) is 18.3. The molecule has 4 rings (SSSR count). The van der Waals surface area contributed by atoms with Gasteiger partial charge in [0.2, 0.25) is 5.91 Å². The van der Waals surface area contributed by atoms with E-state index in [9.17, 15) is 9.59 Å². The van der Waals surface area contributed by atoms with Crippen molar-refractivity contribution in [3.63, 3.8) is 0 Å². The molecule has 4 aromatic rings. The molecule has 1 atom stereocenters. The molecule has 0 radical (unpaired) electrons. The molecule has 180 valence electrons. The Bertz CT molecular complexity index is 1470. The number of para-hydroxylation sites is 1. The SMILES string of the molecule is COc1ccc(OC)c(NC(=O)C(C)Sc2nc3ccccc3c(=O)n2-c2ccc(C)cc2C)c1. The van der Waals surface area contributed by atoms with Crippen molar-refractivity contribution in [1.82, 2.24) is 9.55 Å². The monoisotopic (exact) mass is 489 g/mol. The van der Waals surface area contributed by atoms with E-state index in [1.807, 2.05) is 44.2 Å². The number of carbonyl (C=O) groups excluding carboxylic acids is 1. The number of amides is 1. The van der Waals surface area contributed by atoms with E-state index in [4.69, 9.17) is 14.5 Å². The third-order valence-corrected chi connectivity index (χ3v) is 6.71. The van der Waals surface area contributed by atoms with Gasteiger partial charge in [-0.3, -0.25) is 14.2 Å². The van der Waals surface area contributed by atoms with Gasteiger partial charge in [-0.05, 0) is 56.7 Å². The molecule has 1 unspecified atom stereocenters. The smallest absolute Gasteiger partial charge is 0.266 e. The molecular formula is C27H27N3O4S. The van der Waals surface area contributed by atoms with Gasteiger partial charge in [0.05, 0.1) is 41.7 Å². The Balaban J connectivity index is 1.73. The molecule has 0 aliphatic carbocycles. The number of benzene rings is 3. The lowest BCUT2D eigenvalue weighted by Crippen LogP contribution is -2.26. The number of anilines is 1. The van der Waals surface area contributed by atoms with Gasteiger partial charge in [-0.25, -0.2) is 4.98 Å². The number of hydrogen-bond acceptors (Lipinski definition) is 6. The lowest BCUT2D eigenvalue weighted by molar-refractivity contribution is -0.115. The van der Waals surface area contributed by atoms with E-state index in [1.54, 1.807) is 48.9 Å². The van der Waals surface area contributed by atoms with Gasteiger partial charge in [0.25, 0.3) is 5.56 Å². The molecule has 1 heterocycles. The van der Waals surface area contributed by atoms with Crippen molar-refractivity contribution in [1.29, 1.82) is 0 Å². The third kappa shape index (κ3) is 5.02. The fourth-order valence-corrected chi connectivity index (χ4v) is 4.74. The minimum absolute atomic E-state index is 0.174. The van der Waals surface area contributed by atoms with Gasteiger partial charge in [-0.2, -0.15) is 0 Å². The number of hydrogen-bond donors (Lipinski definition) is 1. The van der Waals surface area contributed by atoms with Gasteiger partial charge >= 0.3 is 0 Å². The Morgan fingerprint density at radius 3 is 2.51 bits per heavy atom. The van der Waals surface area contributed by atoms with E-state index in [0.717, 1.165) is 16.8 Å². The highest BCUT2D eigenvalue weighted by atomic mass is 32.2. The van der Waals surface area contributed by atoms with Crippen LogP contribution in [0.5, 0.6) is 11.5 Å². The summed E-state index contributed by atoms with van der Waals surface area (Å²) in [5, 5.41) is 3.32. The quantitative estimate of drug-likeness (QED) is 0.286. The third-order valence-electron chi connectivity index (χ3n) is 5.65. The Kier molecular flexibility index (Phi) is 7.12. The van der Waals surface area contributed by atoms with Crippen LogP contribution in [0.2, 0.25) is 0 Å². The van der Waals surface area contributed by atoms with E-state index < -0.39 is 5.25 Å². The minimum atomic E-state index is -0.559. The van der Waals surface area contributed by atoms with Crippen LogP contribution in [0, 0.1) is 13.8 Å². The summed E-state index contributed by atoms with van der Waals surface area (Å²) in [6.45, 7) is 5.75. The number of methoxy groups -OCH3 is 2. The molecule has 0 saturated carbocycles. The van der Waals surface area contributed by atoms with Gasteiger partial charge in [0, 0.05) is 6.07 Å². The van der Waals surface area contributed by atoms with E-state index in [1.165, 1.54) is 18.9 Å². The fourth-order valence-electron chi connectivity index (χ4n) is 3.82. The van der Waals surface area contributed by atoms with Crippen LogP contribution in [0.3, 0.4) is 0 Å². The van der Waals surface area contributed by atoms with Crippen LogP contribution < -0.4 is 20.3 Å². The van der Waals surface area contributed by atoms with Crippen LogP contribution in [0.1, 0.15) is 18.1 Å². The maximum atomic E-state index is 13.6. The number of carbonyl (C=O) groups is 1. The zero-order valence-corrected chi connectivity index (χ0v) is 21.1. The van der Waals surface area contributed by atoms with Gasteiger partial charge in [0.1, 0.15) is 11.5 Å². The average Bonchev–Trinajstić information content (AvgIpc) is 2.85. The highest BCUT2D eigenvalue weighted by molar-refractivity contribution is 8.00. The second-order valence-corrected chi connectivity index (χ2v) is 9.47. The molecule has 0 saturated heterocycles. The molecule has 35 heavy (non-hydrogen) atoms. The maximum absolute atomic E-state index is 13.6. The van der Waals surface area contributed by atoms with Crippen molar-refractivity contribution in [3.8, 4) is 17.2 Å². The van der Waals surface area contributed by atoms with Crippen LogP contribution in [0.15, 0.2) is 70.6 Å². The summed E-state index contributed by atoms with van der Waals surface area (Å²) in [5.41, 5.74) is 3.70. The Labute approximate surface area is 208 Å². The first kappa shape index (κ1) is 24.3. The summed E-state index contributed by atoms with van der Waals surface area (Å²) in [7, 11) is 3.10. The first-order chi connectivity index (χ1) is 16.8. The predicted molar refractivity (Wildman–Crippen MR) is 140 cm³/mol. The molecule has 0 spiro atoms. The Morgan fingerprint density at radius 1 is 1.03 bits per heavy atom. The van der Waals surface area contributed by atoms with Gasteiger partial charge < -0.3 is 14.8 Å². The molecular weight excluding hydrogens is 462 g/mol. The summed E-state index contributed by atoms with van der Waals surface area (Å²) in [5.74, 6) is 0.866. The molecule has 0 aliphatic heterocycles. The number of rotatable bonds is 7. The molecule has 7 nitrogen and oxygen atoms in total. The average molecular weight is 490 g/mol. The van der Waals surface area contributed by atoms with Crippen LogP contribution in [0.25, 0.3) is 16.6 Å². The van der Waals surface area contributed by atoms with E-state index in [-0.39, 0.29) is 11.5 Å². The van der Waals surface area contributed by atoms with Gasteiger partial charge in [-0.15, -0.1) is 0 Å². The van der Waals surface area contributed by atoms with Crippen molar-refractivity contribution < 1.29 is 14.3 Å². The zero-order chi connectivity index (χ0) is 25.1. The number of aromatic nitrogens is 2. The number of nitrogens with zero attached hydrogens (tertiary/aromatic N) is 2. The fraction of sp³-hybridized carbons (Fsp3) is 0.222. The number of fused-ring (bicyclic) bond motifs is 1. The number of nitrogens with one attached hydrogen (secondary N) is 1. The first-order valence-corrected chi connectivity index (χ1v) is 12.0. The van der Waals surface area contributed by atoms with Gasteiger partial charge in [0.15, 0.2) is 5.16 Å². The second-order valence-electron chi connectivity index (χ2n) is 8.16. The van der Waals surface area contributed by atoms with E-state index in [2.05, 4.69) is 5.32 Å². The van der Waals surface area contributed by atoms with Crippen molar-refractivity contribution in [3.05, 3.63) is 82.1 Å². The van der Waals surface area contributed by atoms with Crippen LogP contribution in [-0.2, 0) is 4.79 Å². The molecule has 3 aromatic carbocycles. The molecule has 0 bridgehead atoms. The lowest BCUT2D eigenvalue weighted by Gasteiger charge is -2.18. The van der Waals surface area contributed by atoms with Gasteiger partial charge in [-0.1, -0.05) is 41.6 Å². The molecule has 8 heteroatoms. The largest absolute Gasteiger partial charge is 0.497 e. The van der Waals surface area contributed by atoms with E-state index in [0.29, 0.717) is 33.2 Å². The minimum Gasteiger partial charge on any atom is -0.497 e. The van der Waals surface area contributed by atoms with Crippen molar-refractivity contribution >= 4 is 34.3 Å². The number of thioether (sulfide) groups is 1. The second kappa shape index (κ2) is 10.2. The normalized spacial score (nSPS) is 11.8. The highest BCUT2D eigenvalue weighted by Crippen LogP contribution is 2.31. The summed E-state index contributed by atoms with van der Waals surface area (Å²) >= 11 is 1.23. The summed E-state index contributed by atoms with van der Waals surface area (Å²) in [4.78, 5) is 31.5. The van der Waals surface area contributed by atoms with Crippen LogP contribution in [0.4, 0.5) is 5.69 Å². The van der Waals surface area contributed by atoms with Crippen LogP contribution >= 0.6 is 11.8 Å². The standard InChI is InChI=1S/C27H27N3O4S/c1-16-10-12-23(17(2)14-16)30-26(32)20-8-6-7-9-21(20)29-27(30)35-18(3)25(31)28-22-15-19(33-4)11-13-24(22)34-5/h6-15,18H,1-5H3,(H,28,31). The molecule has 0 fully saturated rings. The number of ether oxygens (including phenoxy) is 2. The van der Waals surface area contributed by atoms with E-state index >= 15 is 0 Å². The molecule has 1 N–H and O–H groups in total. The Hall–Kier alpha value is -3.78. The lowest BCUT2D eigenvalue weighted by atomic mass is 10.1.